The number of benzene rings is 2. The van der Waals surface area contributed by atoms with Gasteiger partial charge in [0.2, 0.25) is 53.2 Å². The number of unbranched alkanes of at least 4 members (excludes halogenated alkanes) is 1. The Morgan fingerprint density at radius 3 is 2.17 bits per heavy atom. The van der Waals surface area contributed by atoms with Crippen molar-refractivity contribution in [1.82, 2.24) is 78.1 Å². The number of nitrogens with zero attached hydrogens (tertiary/aromatic N) is 4. The van der Waals surface area contributed by atoms with Crippen molar-refractivity contribution in [3.05, 3.63) is 95.8 Å². The summed E-state index contributed by atoms with van der Waals surface area (Å²) in [4.78, 5) is 141. The number of carbonyl (C=O) groups is 10. The zero-order chi connectivity index (χ0) is 63.5. The topological polar surface area (TPSA) is 424 Å². The second-order valence-electron chi connectivity index (χ2n) is 21.8. The van der Waals surface area contributed by atoms with Gasteiger partial charge < -0.3 is 83.2 Å². The number of H-pyrrole nitrogens is 1. The molecule has 0 spiro atoms. The van der Waals surface area contributed by atoms with Crippen LogP contribution < -0.4 is 58.9 Å². The number of ether oxygens (including phenoxy) is 3. The number of imidazole rings is 1. The number of nitrogens with one attached hydrogen (secondary N) is 11. The summed E-state index contributed by atoms with van der Waals surface area (Å²) in [5, 5.41) is 45.9. The standard InChI is InChI=1S/C58H80N16O14S/c1-35-53(80)62-30-49(77)65-42(26-37-14-16-40(75)17-15-37)55(82)69-45(27-38-29-60-34-63-38)57(84)67-41(52(59)79)11-7-8-19-74-31-39(72-73-74)28-44(56(83)68-43(54(81)64-35)25-36-9-3-2-4-10-36)66-50(78)32-88-24-23-87-22-21-86-20-18-61-48(76)13-6-5-12-47-51-46(33-89-47)70-58(85)71-51/h2-4,9-10,14-17,29,31,34-35,41-47,51,75H,5-8,11-13,18-28,30,32-33H2,1H3,(H2,59,79)(H,60,63)(H,61,76)(H,62,80)(H,64,81)(H,65,77)(H,66,78)(H,67,84)(H,68,83)(H,69,82)(H2,70,71,85)/t35-,41?,42-,43-,44?,45-,46+,47+,51+/m0/s1. The number of primary amides is 1. The number of hydrogen-bond donors (Lipinski definition) is 13. The summed E-state index contributed by atoms with van der Waals surface area (Å²) in [5.74, 6) is -5.53. The summed E-state index contributed by atoms with van der Waals surface area (Å²) in [6, 6.07) is 6.99. The Morgan fingerprint density at radius 2 is 1.43 bits per heavy atom. The van der Waals surface area contributed by atoms with Crippen molar-refractivity contribution in [2.75, 3.05) is 58.5 Å². The van der Waals surface area contributed by atoms with Crippen LogP contribution in [0.15, 0.2) is 73.3 Å². The molecule has 482 valence electrons. The molecule has 89 heavy (non-hydrogen) atoms. The SMILES string of the molecule is C[C@@H]1NC(=O)[C@H](Cc2ccccc2)NC(=O)C(NC(=O)COCCOCCOCCNC(=O)CCCC[C@H]2SC[C@H]3NC(=O)N[C@H]32)Cc2cn(nn2)CCCCC(C(N)=O)NC(=O)[C@H](Cc2cnc[nH]2)NC(=O)[C@H](Cc2ccc(O)cc2)NC(=O)CNC1=O. The number of hydrogen-bond acceptors (Lipinski definition) is 18. The first-order valence-corrected chi connectivity index (χ1v) is 30.7. The molecular weight excluding hydrogens is 1180 g/mol. The number of aromatic amines is 1. The molecule has 2 saturated heterocycles. The van der Waals surface area contributed by atoms with E-state index in [1.165, 1.54) is 48.4 Å². The first-order chi connectivity index (χ1) is 43.0. The number of amides is 11. The van der Waals surface area contributed by atoms with Crippen LogP contribution in [0.25, 0.3) is 0 Å². The van der Waals surface area contributed by atoms with Gasteiger partial charge in [-0.1, -0.05) is 54.1 Å². The summed E-state index contributed by atoms with van der Waals surface area (Å²) < 4.78 is 18.2. The lowest BCUT2D eigenvalue weighted by Crippen LogP contribution is -2.58. The number of nitrogens with two attached hydrogens (primary N) is 1. The van der Waals surface area contributed by atoms with Gasteiger partial charge in [0.15, 0.2) is 0 Å². The van der Waals surface area contributed by atoms with Gasteiger partial charge >= 0.3 is 6.03 Å². The maximum Gasteiger partial charge on any atom is 0.315 e. The largest absolute Gasteiger partial charge is 0.508 e. The van der Waals surface area contributed by atoms with E-state index in [0.717, 1.165) is 25.0 Å². The van der Waals surface area contributed by atoms with E-state index in [1.54, 1.807) is 36.5 Å². The van der Waals surface area contributed by atoms with E-state index >= 15 is 0 Å². The number of aromatic hydroxyl groups is 1. The Hall–Kier alpha value is -8.68. The number of phenolic OH excluding ortho intramolecular Hbond substituents is 1. The Labute approximate surface area is 517 Å². The van der Waals surface area contributed by atoms with Crippen molar-refractivity contribution in [1.29, 1.82) is 0 Å². The van der Waals surface area contributed by atoms with Crippen molar-refractivity contribution in [3.8, 4) is 5.75 Å². The third-order valence-corrected chi connectivity index (χ3v) is 16.3. The van der Waals surface area contributed by atoms with E-state index < -0.39 is 96.7 Å². The molecule has 31 heteroatoms. The highest BCUT2D eigenvalue weighted by Crippen LogP contribution is 2.33. The van der Waals surface area contributed by atoms with Gasteiger partial charge in [-0.05, 0) is 62.3 Å². The lowest BCUT2D eigenvalue weighted by atomic mass is 10.0. The Morgan fingerprint density at radius 1 is 0.742 bits per heavy atom. The normalized spacial score (nSPS) is 23.4. The van der Waals surface area contributed by atoms with Crippen molar-refractivity contribution in [2.24, 2.45) is 5.73 Å². The number of phenols is 1. The average Bonchev–Trinajstić information content (AvgIpc) is 4.19. The highest BCUT2D eigenvalue weighted by atomic mass is 32.2. The minimum absolute atomic E-state index is 0.00804. The fraction of sp³-hybridized carbons (Fsp3) is 0.534. The zero-order valence-electron chi connectivity index (χ0n) is 49.5. The van der Waals surface area contributed by atoms with E-state index in [-0.39, 0.29) is 107 Å². The van der Waals surface area contributed by atoms with Crippen LogP contribution >= 0.6 is 11.8 Å². The van der Waals surface area contributed by atoms with Gasteiger partial charge in [-0.2, -0.15) is 11.8 Å². The summed E-state index contributed by atoms with van der Waals surface area (Å²) in [6.45, 7) is 1.67. The van der Waals surface area contributed by atoms with Crippen LogP contribution in [0.4, 0.5) is 4.79 Å². The average molecular weight is 1260 g/mol. The van der Waals surface area contributed by atoms with Gasteiger partial charge in [0.25, 0.3) is 0 Å². The highest BCUT2D eigenvalue weighted by Gasteiger charge is 2.42. The molecule has 2 unspecified atom stereocenters. The predicted octanol–water partition coefficient (Wildman–Crippen LogP) is -2.42. The van der Waals surface area contributed by atoms with E-state index in [0.29, 0.717) is 47.9 Å². The smallest absolute Gasteiger partial charge is 0.315 e. The first kappa shape index (κ1) is 67.8. The van der Waals surface area contributed by atoms with Crippen LogP contribution in [0.5, 0.6) is 5.75 Å². The number of aryl methyl sites for hydroxylation is 1. The summed E-state index contributed by atoms with van der Waals surface area (Å²) in [6.07, 6.45) is 7.69. The summed E-state index contributed by atoms with van der Waals surface area (Å²) in [5.41, 5.74) is 7.66. The molecule has 2 aromatic carbocycles. The number of carbonyl (C=O) groups excluding carboxylic acids is 10. The monoisotopic (exact) mass is 1260 g/mol. The van der Waals surface area contributed by atoms with E-state index in [9.17, 15) is 53.1 Å². The van der Waals surface area contributed by atoms with E-state index in [2.05, 4.69) is 73.4 Å². The Balaban J connectivity index is 0.948. The summed E-state index contributed by atoms with van der Waals surface area (Å²) >= 11 is 1.85. The number of rotatable bonds is 24. The molecule has 2 bridgehead atoms. The molecule has 14 N–H and O–H groups in total. The second-order valence-corrected chi connectivity index (χ2v) is 23.1. The molecule has 2 aromatic heterocycles. The predicted molar refractivity (Wildman–Crippen MR) is 321 cm³/mol. The Kier molecular flexibility index (Phi) is 26.9. The number of aromatic nitrogens is 5. The molecule has 30 nitrogen and oxygen atoms in total. The van der Waals surface area contributed by atoms with Crippen molar-refractivity contribution in [2.45, 2.75) is 138 Å². The molecule has 9 atom stereocenters. The van der Waals surface area contributed by atoms with Gasteiger partial charge in [-0.3, -0.25) is 47.8 Å². The molecule has 0 saturated carbocycles. The quantitative estimate of drug-likeness (QED) is 0.0257. The van der Waals surface area contributed by atoms with Crippen molar-refractivity contribution in [3.63, 3.8) is 0 Å². The van der Waals surface area contributed by atoms with Crippen LogP contribution in [0, 0.1) is 0 Å². The summed E-state index contributed by atoms with van der Waals surface area (Å²) in [7, 11) is 0. The van der Waals surface area contributed by atoms with Gasteiger partial charge in [-0.15, -0.1) is 5.10 Å². The second kappa shape index (κ2) is 35.3. The molecule has 3 aliphatic heterocycles. The van der Waals surface area contributed by atoms with Crippen LogP contribution in [-0.4, -0.2) is 201 Å². The molecule has 7 rings (SSSR count). The third-order valence-electron chi connectivity index (χ3n) is 14.8. The van der Waals surface area contributed by atoms with E-state index in [4.69, 9.17) is 19.9 Å². The minimum atomic E-state index is -1.36. The van der Waals surface area contributed by atoms with Crippen LogP contribution in [-0.2, 0) is 89.6 Å². The van der Waals surface area contributed by atoms with Crippen LogP contribution in [0.3, 0.4) is 0 Å². The lowest BCUT2D eigenvalue weighted by molar-refractivity contribution is -0.135. The molecule has 4 aromatic rings. The van der Waals surface area contributed by atoms with Gasteiger partial charge in [0.05, 0.1) is 63.7 Å². The first-order valence-electron chi connectivity index (χ1n) is 29.7. The highest BCUT2D eigenvalue weighted by molar-refractivity contribution is 8.00. The maximum absolute atomic E-state index is 14.4. The number of thioether (sulfide) groups is 1. The van der Waals surface area contributed by atoms with Gasteiger partial charge in [0.1, 0.15) is 48.6 Å². The molecule has 2 fully saturated rings. The fourth-order valence-electron chi connectivity index (χ4n) is 10.1. The molecule has 5 heterocycles. The molecule has 0 radical (unpaired) electrons. The Bertz CT molecular complexity index is 2990. The van der Waals surface area contributed by atoms with Crippen LogP contribution in [0.1, 0.15) is 74.4 Å². The molecular formula is C58H80N16O14S. The van der Waals surface area contributed by atoms with E-state index in [1.807, 2.05) is 11.8 Å². The number of fused-ring (bicyclic) bond motifs is 3. The molecule has 0 aliphatic carbocycles. The molecule has 11 amide bonds. The fourth-order valence-corrected chi connectivity index (χ4v) is 11.6. The number of urea groups is 1. The molecule has 3 aliphatic rings. The van der Waals surface area contributed by atoms with Gasteiger partial charge in [0, 0.05) is 74.3 Å². The van der Waals surface area contributed by atoms with Crippen molar-refractivity contribution >= 4 is 71.0 Å². The zero-order valence-corrected chi connectivity index (χ0v) is 50.3. The minimum Gasteiger partial charge on any atom is -0.508 e. The van der Waals surface area contributed by atoms with Gasteiger partial charge in [-0.25, -0.2) is 9.78 Å². The van der Waals surface area contributed by atoms with Crippen LogP contribution in [0.2, 0.25) is 0 Å². The lowest BCUT2D eigenvalue weighted by Gasteiger charge is -2.25. The third kappa shape index (κ3) is 23.1. The van der Waals surface area contributed by atoms with Crippen molar-refractivity contribution < 1.29 is 67.3 Å². The maximum atomic E-state index is 14.4.